The number of rotatable bonds is 7. The summed E-state index contributed by atoms with van der Waals surface area (Å²) in [5, 5.41) is 7.87. The average Bonchev–Trinajstić information content (AvgIpc) is 2.93. The van der Waals surface area contributed by atoms with Crippen molar-refractivity contribution in [2.75, 3.05) is 18.6 Å². The van der Waals surface area contributed by atoms with Gasteiger partial charge in [0.25, 0.3) is 0 Å². The van der Waals surface area contributed by atoms with E-state index in [1.54, 1.807) is 0 Å². The van der Waals surface area contributed by atoms with Crippen LogP contribution in [0, 0.1) is 5.92 Å². The zero-order valence-corrected chi connectivity index (χ0v) is 13.2. The second-order valence-corrected chi connectivity index (χ2v) is 6.35. The molecule has 2 rings (SSSR count). The molecule has 0 saturated heterocycles. The van der Waals surface area contributed by atoms with Crippen molar-refractivity contribution in [1.82, 2.24) is 15.1 Å². The molecule has 3 nitrogen and oxygen atoms in total. The van der Waals surface area contributed by atoms with E-state index >= 15 is 0 Å². The predicted molar refractivity (Wildman–Crippen MR) is 87.5 cm³/mol. The Morgan fingerprint density at radius 2 is 1.90 bits per heavy atom. The summed E-state index contributed by atoms with van der Waals surface area (Å²) in [7, 11) is 2.02. The highest BCUT2D eigenvalue weighted by Gasteiger charge is 2.15. The molecule has 0 aliphatic carbocycles. The van der Waals surface area contributed by atoms with Crippen molar-refractivity contribution in [3.05, 3.63) is 48.3 Å². The smallest absolute Gasteiger partial charge is 0.0649 e. The Morgan fingerprint density at radius 1 is 1.15 bits per heavy atom. The molecule has 1 heterocycles. The first-order valence-electron chi connectivity index (χ1n) is 7.06. The SMILES string of the molecule is CNC(CSCC(C)C)c1ccnn1-c1ccccc1. The molecule has 1 atom stereocenters. The maximum absolute atomic E-state index is 4.47. The highest BCUT2D eigenvalue weighted by Crippen LogP contribution is 2.21. The average molecular weight is 289 g/mol. The number of thioether (sulfide) groups is 1. The van der Waals surface area contributed by atoms with Crippen LogP contribution in [0.4, 0.5) is 0 Å². The zero-order chi connectivity index (χ0) is 14.4. The summed E-state index contributed by atoms with van der Waals surface area (Å²) in [6, 6.07) is 12.7. The Balaban J connectivity index is 2.13. The van der Waals surface area contributed by atoms with E-state index in [9.17, 15) is 0 Å². The van der Waals surface area contributed by atoms with Gasteiger partial charge in [-0.1, -0.05) is 32.0 Å². The molecule has 2 aromatic rings. The Morgan fingerprint density at radius 3 is 2.55 bits per heavy atom. The number of hydrogen-bond acceptors (Lipinski definition) is 3. The van der Waals surface area contributed by atoms with Gasteiger partial charge in [0.2, 0.25) is 0 Å². The Kier molecular flexibility index (Phi) is 5.68. The quantitative estimate of drug-likeness (QED) is 0.846. The number of nitrogens with zero attached hydrogens (tertiary/aromatic N) is 2. The van der Waals surface area contributed by atoms with Crippen LogP contribution < -0.4 is 5.32 Å². The highest BCUT2D eigenvalue weighted by atomic mass is 32.2. The van der Waals surface area contributed by atoms with Crippen LogP contribution in [0.25, 0.3) is 5.69 Å². The lowest BCUT2D eigenvalue weighted by molar-refractivity contribution is 0.611. The summed E-state index contributed by atoms with van der Waals surface area (Å²) in [6.07, 6.45) is 1.87. The molecule has 1 aromatic heterocycles. The summed E-state index contributed by atoms with van der Waals surface area (Å²) in [5.41, 5.74) is 2.33. The molecular formula is C16H23N3S. The Bertz CT molecular complexity index is 507. The van der Waals surface area contributed by atoms with E-state index in [4.69, 9.17) is 0 Å². The highest BCUT2D eigenvalue weighted by molar-refractivity contribution is 7.99. The van der Waals surface area contributed by atoms with E-state index in [-0.39, 0.29) is 0 Å². The van der Waals surface area contributed by atoms with Crippen LogP contribution in [-0.2, 0) is 0 Å². The fourth-order valence-electron chi connectivity index (χ4n) is 2.10. The van der Waals surface area contributed by atoms with Gasteiger partial charge in [0.1, 0.15) is 0 Å². The topological polar surface area (TPSA) is 29.9 Å². The van der Waals surface area contributed by atoms with Gasteiger partial charge in [-0.05, 0) is 36.9 Å². The minimum Gasteiger partial charge on any atom is -0.311 e. The second kappa shape index (κ2) is 7.50. The standard InChI is InChI=1S/C16H23N3S/c1-13(2)11-20-12-15(17-3)16-9-10-18-19(16)14-7-5-4-6-8-14/h4-10,13,15,17H,11-12H2,1-3H3. The van der Waals surface area contributed by atoms with Crippen LogP contribution in [-0.4, -0.2) is 28.3 Å². The maximum Gasteiger partial charge on any atom is 0.0649 e. The molecule has 0 radical (unpaired) electrons. The summed E-state index contributed by atoms with van der Waals surface area (Å²) in [6.45, 7) is 4.52. The summed E-state index contributed by atoms with van der Waals surface area (Å²) in [5.74, 6) is 2.99. The van der Waals surface area contributed by atoms with E-state index < -0.39 is 0 Å². The Labute approximate surface area is 125 Å². The van der Waals surface area contributed by atoms with Crippen LogP contribution in [0.3, 0.4) is 0 Å². The fourth-order valence-corrected chi connectivity index (χ4v) is 3.28. The molecule has 0 amide bonds. The van der Waals surface area contributed by atoms with Crippen molar-refractivity contribution in [3.63, 3.8) is 0 Å². The number of para-hydroxylation sites is 1. The van der Waals surface area contributed by atoms with Crippen molar-refractivity contribution in [3.8, 4) is 5.69 Å². The van der Waals surface area contributed by atoms with E-state index in [2.05, 4.69) is 42.5 Å². The van der Waals surface area contributed by atoms with Gasteiger partial charge < -0.3 is 5.32 Å². The Hall–Kier alpha value is -1.26. The zero-order valence-electron chi connectivity index (χ0n) is 12.4. The van der Waals surface area contributed by atoms with Crippen LogP contribution in [0.15, 0.2) is 42.6 Å². The predicted octanol–water partition coefficient (Wildman–Crippen LogP) is 3.52. The number of benzene rings is 1. The second-order valence-electron chi connectivity index (χ2n) is 5.28. The molecule has 0 bridgehead atoms. The van der Waals surface area contributed by atoms with Crippen LogP contribution in [0.2, 0.25) is 0 Å². The first-order chi connectivity index (χ1) is 9.72. The minimum atomic E-state index is 0.321. The van der Waals surface area contributed by atoms with Gasteiger partial charge in [0.05, 0.1) is 17.4 Å². The third-order valence-corrected chi connectivity index (χ3v) is 4.59. The van der Waals surface area contributed by atoms with Crippen molar-refractivity contribution in [1.29, 1.82) is 0 Å². The fraction of sp³-hybridized carbons (Fsp3) is 0.438. The molecule has 0 spiro atoms. The first-order valence-corrected chi connectivity index (χ1v) is 8.22. The summed E-state index contributed by atoms with van der Waals surface area (Å²) < 4.78 is 2.02. The lowest BCUT2D eigenvalue weighted by Crippen LogP contribution is -2.22. The first kappa shape index (κ1) is 15.1. The number of nitrogens with one attached hydrogen (secondary N) is 1. The monoisotopic (exact) mass is 289 g/mol. The molecule has 20 heavy (non-hydrogen) atoms. The molecular weight excluding hydrogens is 266 g/mol. The van der Waals surface area contributed by atoms with Crippen molar-refractivity contribution in [2.24, 2.45) is 5.92 Å². The van der Waals surface area contributed by atoms with Gasteiger partial charge in [0.15, 0.2) is 0 Å². The van der Waals surface area contributed by atoms with Crippen molar-refractivity contribution >= 4 is 11.8 Å². The van der Waals surface area contributed by atoms with E-state index in [0.717, 1.165) is 17.4 Å². The lowest BCUT2D eigenvalue weighted by atomic mass is 10.2. The van der Waals surface area contributed by atoms with Gasteiger partial charge >= 0.3 is 0 Å². The molecule has 0 aliphatic rings. The normalized spacial score (nSPS) is 12.8. The molecule has 0 fully saturated rings. The van der Waals surface area contributed by atoms with Crippen LogP contribution in [0.1, 0.15) is 25.6 Å². The summed E-state index contributed by atoms with van der Waals surface area (Å²) in [4.78, 5) is 0. The molecule has 1 N–H and O–H groups in total. The van der Waals surface area contributed by atoms with E-state index in [1.165, 1.54) is 11.4 Å². The van der Waals surface area contributed by atoms with Crippen molar-refractivity contribution in [2.45, 2.75) is 19.9 Å². The van der Waals surface area contributed by atoms with Gasteiger partial charge in [-0.3, -0.25) is 0 Å². The third-order valence-electron chi connectivity index (χ3n) is 3.11. The molecule has 4 heteroatoms. The van der Waals surface area contributed by atoms with Gasteiger partial charge in [-0.2, -0.15) is 16.9 Å². The lowest BCUT2D eigenvalue weighted by Gasteiger charge is -2.18. The van der Waals surface area contributed by atoms with Gasteiger partial charge in [-0.15, -0.1) is 0 Å². The van der Waals surface area contributed by atoms with Gasteiger partial charge in [-0.25, -0.2) is 4.68 Å². The molecule has 1 aromatic carbocycles. The third kappa shape index (κ3) is 3.87. The van der Waals surface area contributed by atoms with E-state index in [1.807, 2.05) is 47.9 Å². The van der Waals surface area contributed by atoms with E-state index in [0.29, 0.717) is 6.04 Å². The number of hydrogen-bond donors (Lipinski definition) is 1. The maximum atomic E-state index is 4.47. The van der Waals surface area contributed by atoms with Gasteiger partial charge in [0, 0.05) is 11.9 Å². The number of aromatic nitrogens is 2. The summed E-state index contributed by atoms with van der Waals surface area (Å²) >= 11 is 1.99. The minimum absolute atomic E-state index is 0.321. The van der Waals surface area contributed by atoms with Crippen LogP contribution >= 0.6 is 11.8 Å². The molecule has 0 saturated carbocycles. The molecule has 108 valence electrons. The van der Waals surface area contributed by atoms with Crippen molar-refractivity contribution < 1.29 is 0 Å². The molecule has 1 unspecified atom stereocenters. The largest absolute Gasteiger partial charge is 0.311 e. The van der Waals surface area contributed by atoms with Crippen LogP contribution in [0.5, 0.6) is 0 Å². The molecule has 0 aliphatic heterocycles.